The summed E-state index contributed by atoms with van der Waals surface area (Å²) in [6.45, 7) is 6.54. The van der Waals surface area contributed by atoms with E-state index in [9.17, 15) is 4.79 Å². The fourth-order valence-corrected chi connectivity index (χ4v) is 2.61. The number of piperazine rings is 1. The Balaban J connectivity index is 1.95. The number of fused-ring (bicyclic) bond motifs is 1. The Morgan fingerprint density at radius 1 is 1.25 bits per heavy atom. The first kappa shape index (κ1) is 13.0. The van der Waals surface area contributed by atoms with E-state index in [4.69, 9.17) is 0 Å². The maximum atomic E-state index is 12.7. The molecule has 1 aromatic heterocycles. The van der Waals surface area contributed by atoms with Crippen LogP contribution in [0.15, 0.2) is 30.6 Å². The molecule has 1 aromatic carbocycles. The van der Waals surface area contributed by atoms with Gasteiger partial charge in [-0.2, -0.15) is 0 Å². The van der Waals surface area contributed by atoms with E-state index in [1.54, 1.807) is 12.4 Å². The van der Waals surface area contributed by atoms with Gasteiger partial charge in [0.15, 0.2) is 0 Å². The van der Waals surface area contributed by atoms with Crippen LogP contribution in [0.3, 0.4) is 0 Å². The van der Waals surface area contributed by atoms with Gasteiger partial charge in [-0.3, -0.25) is 14.8 Å². The van der Waals surface area contributed by atoms with E-state index in [0.29, 0.717) is 5.56 Å². The second kappa shape index (κ2) is 4.83. The lowest BCUT2D eigenvalue weighted by Gasteiger charge is -2.42. The number of nitrogens with zero attached hydrogens (tertiary/aromatic N) is 3. The van der Waals surface area contributed by atoms with E-state index >= 15 is 0 Å². The van der Waals surface area contributed by atoms with Crippen molar-refractivity contribution >= 4 is 16.9 Å². The minimum absolute atomic E-state index is 0.0593. The number of amides is 1. The molecule has 3 rings (SSSR count). The molecule has 1 aliphatic heterocycles. The van der Waals surface area contributed by atoms with Gasteiger partial charge in [0.2, 0.25) is 0 Å². The molecule has 0 atom stereocenters. The largest absolute Gasteiger partial charge is 0.331 e. The number of hydrogen-bond acceptors (Lipinski definition) is 4. The highest BCUT2D eigenvalue weighted by Crippen LogP contribution is 2.21. The SMILES string of the molecule is CC1(C)CNCCN1C(=O)c1ccc2nccnc2c1. The third kappa shape index (κ3) is 2.25. The summed E-state index contributed by atoms with van der Waals surface area (Å²) in [6.07, 6.45) is 3.30. The van der Waals surface area contributed by atoms with Gasteiger partial charge in [0.25, 0.3) is 5.91 Å². The average molecular weight is 270 g/mol. The summed E-state index contributed by atoms with van der Waals surface area (Å²) in [4.78, 5) is 23.1. The van der Waals surface area contributed by atoms with Crippen LogP contribution in [0.2, 0.25) is 0 Å². The molecular weight excluding hydrogens is 252 g/mol. The Morgan fingerprint density at radius 3 is 2.75 bits per heavy atom. The fraction of sp³-hybridized carbons (Fsp3) is 0.400. The lowest BCUT2D eigenvalue weighted by atomic mass is 9.98. The molecule has 5 heteroatoms. The van der Waals surface area contributed by atoms with Crippen molar-refractivity contribution in [3.63, 3.8) is 0 Å². The summed E-state index contributed by atoms with van der Waals surface area (Å²) in [5.41, 5.74) is 2.06. The van der Waals surface area contributed by atoms with Crippen molar-refractivity contribution < 1.29 is 4.79 Å². The number of carbonyl (C=O) groups is 1. The standard InChI is InChI=1S/C15H18N4O/c1-15(2)10-16-7-8-19(15)14(20)11-3-4-12-13(9-11)18-6-5-17-12/h3-6,9,16H,7-8,10H2,1-2H3. The highest BCUT2D eigenvalue weighted by molar-refractivity contribution is 5.97. The predicted molar refractivity (Wildman–Crippen MR) is 77.5 cm³/mol. The van der Waals surface area contributed by atoms with Gasteiger partial charge < -0.3 is 10.2 Å². The van der Waals surface area contributed by atoms with Crippen molar-refractivity contribution in [3.05, 3.63) is 36.2 Å². The summed E-state index contributed by atoms with van der Waals surface area (Å²) in [6, 6.07) is 5.50. The summed E-state index contributed by atoms with van der Waals surface area (Å²) < 4.78 is 0. The van der Waals surface area contributed by atoms with Crippen LogP contribution in [-0.4, -0.2) is 45.9 Å². The summed E-state index contributed by atoms with van der Waals surface area (Å²) >= 11 is 0. The summed E-state index contributed by atoms with van der Waals surface area (Å²) in [5.74, 6) is 0.0593. The van der Waals surface area contributed by atoms with E-state index in [0.717, 1.165) is 30.7 Å². The van der Waals surface area contributed by atoms with Gasteiger partial charge in [0.05, 0.1) is 16.6 Å². The van der Waals surface area contributed by atoms with Crippen molar-refractivity contribution in [2.45, 2.75) is 19.4 Å². The Hall–Kier alpha value is -2.01. The molecule has 0 radical (unpaired) electrons. The molecule has 1 amide bonds. The van der Waals surface area contributed by atoms with Gasteiger partial charge in [0, 0.05) is 37.6 Å². The van der Waals surface area contributed by atoms with Crippen LogP contribution in [0.25, 0.3) is 11.0 Å². The van der Waals surface area contributed by atoms with Crippen molar-refractivity contribution in [2.24, 2.45) is 0 Å². The van der Waals surface area contributed by atoms with Crippen LogP contribution < -0.4 is 5.32 Å². The molecule has 2 heterocycles. The molecular formula is C15H18N4O. The van der Waals surface area contributed by atoms with Crippen LogP contribution in [0, 0.1) is 0 Å². The first-order valence-corrected chi connectivity index (χ1v) is 6.81. The summed E-state index contributed by atoms with van der Waals surface area (Å²) in [7, 11) is 0. The molecule has 0 spiro atoms. The number of hydrogen-bond donors (Lipinski definition) is 1. The quantitative estimate of drug-likeness (QED) is 0.852. The van der Waals surface area contributed by atoms with Gasteiger partial charge in [-0.15, -0.1) is 0 Å². The minimum Gasteiger partial charge on any atom is -0.331 e. The van der Waals surface area contributed by atoms with Crippen LogP contribution in [0.1, 0.15) is 24.2 Å². The van der Waals surface area contributed by atoms with Gasteiger partial charge in [-0.05, 0) is 32.0 Å². The Bertz CT molecular complexity index is 653. The molecule has 0 bridgehead atoms. The molecule has 2 aromatic rings. The third-order valence-electron chi connectivity index (χ3n) is 3.76. The topological polar surface area (TPSA) is 58.1 Å². The number of nitrogens with one attached hydrogen (secondary N) is 1. The van der Waals surface area contributed by atoms with Crippen molar-refractivity contribution in [1.82, 2.24) is 20.2 Å². The van der Waals surface area contributed by atoms with Gasteiger partial charge in [-0.25, -0.2) is 0 Å². The van der Waals surface area contributed by atoms with Crippen LogP contribution in [0.5, 0.6) is 0 Å². The predicted octanol–water partition coefficient (Wildman–Crippen LogP) is 1.45. The van der Waals surface area contributed by atoms with Crippen molar-refractivity contribution in [3.8, 4) is 0 Å². The van der Waals surface area contributed by atoms with Crippen LogP contribution in [0.4, 0.5) is 0 Å². The van der Waals surface area contributed by atoms with Crippen LogP contribution in [-0.2, 0) is 0 Å². The molecule has 0 aliphatic carbocycles. The zero-order valence-electron chi connectivity index (χ0n) is 11.8. The smallest absolute Gasteiger partial charge is 0.254 e. The van der Waals surface area contributed by atoms with E-state index in [1.165, 1.54) is 0 Å². The first-order valence-electron chi connectivity index (χ1n) is 6.81. The maximum Gasteiger partial charge on any atom is 0.254 e. The van der Waals surface area contributed by atoms with Gasteiger partial charge in [0.1, 0.15) is 0 Å². The lowest BCUT2D eigenvalue weighted by Crippen LogP contribution is -2.59. The Kier molecular flexibility index (Phi) is 3.14. The monoisotopic (exact) mass is 270 g/mol. The number of rotatable bonds is 1. The number of carbonyl (C=O) groups excluding carboxylic acids is 1. The van der Waals surface area contributed by atoms with Crippen molar-refractivity contribution in [2.75, 3.05) is 19.6 Å². The molecule has 20 heavy (non-hydrogen) atoms. The molecule has 5 nitrogen and oxygen atoms in total. The third-order valence-corrected chi connectivity index (χ3v) is 3.76. The zero-order valence-corrected chi connectivity index (χ0v) is 11.8. The Morgan fingerprint density at radius 2 is 2.00 bits per heavy atom. The average Bonchev–Trinajstić information content (AvgIpc) is 2.45. The maximum absolute atomic E-state index is 12.7. The number of aromatic nitrogens is 2. The van der Waals surface area contributed by atoms with Crippen LogP contribution >= 0.6 is 0 Å². The molecule has 1 saturated heterocycles. The fourth-order valence-electron chi connectivity index (χ4n) is 2.61. The van der Waals surface area contributed by atoms with E-state index in [-0.39, 0.29) is 11.4 Å². The van der Waals surface area contributed by atoms with Crippen molar-refractivity contribution in [1.29, 1.82) is 0 Å². The minimum atomic E-state index is -0.174. The molecule has 0 saturated carbocycles. The highest BCUT2D eigenvalue weighted by Gasteiger charge is 2.33. The second-order valence-electron chi connectivity index (χ2n) is 5.71. The van der Waals surface area contributed by atoms with E-state index < -0.39 is 0 Å². The van der Waals surface area contributed by atoms with Gasteiger partial charge >= 0.3 is 0 Å². The zero-order chi connectivity index (χ0) is 14.2. The van der Waals surface area contributed by atoms with Gasteiger partial charge in [-0.1, -0.05) is 0 Å². The summed E-state index contributed by atoms with van der Waals surface area (Å²) in [5, 5.41) is 3.32. The molecule has 104 valence electrons. The molecule has 1 N–H and O–H groups in total. The number of benzene rings is 1. The highest BCUT2D eigenvalue weighted by atomic mass is 16.2. The molecule has 1 fully saturated rings. The van der Waals surface area contributed by atoms with E-state index in [1.807, 2.05) is 23.1 Å². The normalized spacial score (nSPS) is 18.2. The van der Waals surface area contributed by atoms with E-state index in [2.05, 4.69) is 29.1 Å². The lowest BCUT2D eigenvalue weighted by molar-refractivity contribution is 0.0477. The first-order chi connectivity index (χ1) is 9.58. The second-order valence-corrected chi connectivity index (χ2v) is 5.71. The molecule has 0 unspecified atom stereocenters. The Labute approximate surface area is 118 Å². The molecule has 1 aliphatic rings.